The molecule has 0 heterocycles. The van der Waals surface area contributed by atoms with Crippen LogP contribution in [0.2, 0.25) is 0 Å². The lowest BCUT2D eigenvalue weighted by molar-refractivity contribution is -0.141. The summed E-state index contributed by atoms with van der Waals surface area (Å²) in [6.07, 6.45) is -0.403. The van der Waals surface area contributed by atoms with Gasteiger partial charge in [0.25, 0.3) is 0 Å². The number of carbonyl (C=O) groups is 3. The summed E-state index contributed by atoms with van der Waals surface area (Å²) in [6, 6.07) is 14.1. The summed E-state index contributed by atoms with van der Waals surface area (Å²) >= 11 is 0. The van der Waals surface area contributed by atoms with Crippen LogP contribution in [0.3, 0.4) is 0 Å². The Balaban J connectivity index is 1.63. The molecule has 2 atom stereocenters. The standard InChI is InChI=1S/C22H24N2O5/c1-3-19(20(25)23-13(2)21(26)27)24-22(28)29-12-18-16-10-6-4-8-14(16)15-9-5-7-11-17(15)18/h4-11,13,18-19H,3,12H2,1-2H3,(H,23,25)(H,24,28)(H,26,27)/t13-,19+/m1/s1. The summed E-state index contributed by atoms with van der Waals surface area (Å²) in [7, 11) is 0. The number of carbonyl (C=O) groups excluding carboxylic acids is 2. The average molecular weight is 396 g/mol. The molecule has 0 aliphatic heterocycles. The quantitative estimate of drug-likeness (QED) is 0.667. The molecule has 7 heteroatoms. The first-order valence-corrected chi connectivity index (χ1v) is 9.57. The minimum atomic E-state index is -1.14. The summed E-state index contributed by atoms with van der Waals surface area (Å²) in [4.78, 5) is 35.3. The number of aliphatic carboxylic acids is 1. The number of amides is 2. The van der Waals surface area contributed by atoms with Gasteiger partial charge in [0, 0.05) is 5.92 Å². The predicted octanol–water partition coefficient (Wildman–Crippen LogP) is 2.89. The fourth-order valence-electron chi connectivity index (χ4n) is 3.51. The Labute approximate surface area is 169 Å². The van der Waals surface area contributed by atoms with Crippen LogP contribution in [-0.4, -0.2) is 41.8 Å². The molecule has 0 radical (unpaired) electrons. The number of fused-ring (bicyclic) bond motifs is 3. The van der Waals surface area contributed by atoms with Gasteiger partial charge in [-0.3, -0.25) is 9.59 Å². The Bertz CT molecular complexity index is 881. The monoisotopic (exact) mass is 396 g/mol. The van der Waals surface area contributed by atoms with Gasteiger partial charge >= 0.3 is 12.1 Å². The average Bonchev–Trinajstić information content (AvgIpc) is 3.04. The van der Waals surface area contributed by atoms with Gasteiger partial charge in [-0.1, -0.05) is 55.5 Å². The number of hydrogen-bond acceptors (Lipinski definition) is 4. The maximum absolute atomic E-state index is 12.3. The largest absolute Gasteiger partial charge is 0.480 e. The highest BCUT2D eigenvalue weighted by Gasteiger charge is 2.29. The summed E-state index contributed by atoms with van der Waals surface area (Å²) in [5.74, 6) is -1.78. The Morgan fingerprint density at radius 2 is 1.55 bits per heavy atom. The van der Waals surface area contributed by atoms with Crippen molar-refractivity contribution in [3.8, 4) is 11.1 Å². The number of benzene rings is 2. The van der Waals surface area contributed by atoms with Gasteiger partial charge in [-0.15, -0.1) is 0 Å². The second-order valence-corrected chi connectivity index (χ2v) is 7.00. The Kier molecular flexibility index (Phi) is 6.16. The molecular formula is C22H24N2O5. The lowest BCUT2D eigenvalue weighted by Crippen LogP contribution is -2.50. The first-order chi connectivity index (χ1) is 13.9. The van der Waals surface area contributed by atoms with E-state index in [1.807, 2.05) is 36.4 Å². The number of alkyl carbamates (subject to hydrolysis) is 1. The summed E-state index contributed by atoms with van der Waals surface area (Å²) < 4.78 is 5.43. The van der Waals surface area contributed by atoms with E-state index in [0.717, 1.165) is 22.3 Å². The predicted molar refractivity (Wildman–Crippen MR) is 108 cm³/mol. The molecule has 152 valence electrons. The first kappa shape index (κ1) is 20.4. The van der Waals surface area contributed by atoms with E-state index in [1.165, 1.54) is 6.92 Å². The lowest BCUT2D eigenvalue weighted by Gasteiger charge is -2.19. The van der Waals surface area contributed by atoms with Crippen LogP contribution in [0.15, 0.2) is 48.5 Å². The van der Waals surface area contributed by atoms with Crippen molar-refractivity contribution >= 4 is 18.0 Å². The smallest absolute Gasteiger partial charge is 0.407 e. The molecule has 0 saturated heterocycles. The molecule has 29 heavy (non-hydrogen) atoms. The van der Waals surface area contributed by atoms with E-state index >= 15 is 0 Å². The zero-order chi connectivity index (χ0) is 21.0. The molecule has 0 fully saturated rings. The fourth-order valence-corrected chi connectivity index (χ4v) is 3.51. The molecule has 0 aromatic heterocycles. The molecule has 2 aromatic carbocycles. The molecule has 1 aliphatic rings. The van der Waals surface area contributed by atoms with Crippen LogP contribution in [-0.2, 0) is 14.3 Å². The number of rotatable bonds is 7. The van der Waals surface area contributed by atoms with Crippen LogP contribution >= 0.6 is 0 Å². The topological polar surface area (TPSA) is 105 Å². The molecule has 2 aromatic rings. The minimum Gasteiger partial charge on any atom is -0.480 e. The molecule has 1 aliphatic carbocycles. The van der Waals surface area contributed by atoms with Crippen LogP contribution in [0.25, 0.3) is 11.1 Å². The van der Waals surface area contributed by atoms with Gasteiger partial charge in [0.1, 0.15) is 18.7 Å². The van der Waals surface area contributed by atoms with Crippen molar-refractivity contribution < 1.29 is 24.2 Å². The maximum Gasteiger partial charge on any atom is 0.407 e. The number of ether oxygens (including phenoxy) is 1. The van der Waals surface area contributed by atoms with Gasteiger partial charge in [-0.2, -0.15) is 0 Å². The highest BCUT2D eigenvalue weighted by molar-refractivity contribution is 5.89. The molecule has 0 bridgehead atoms. The first-order valence-electron chi connectivity index (χ1n) is 9.57. The van der Waals surface area contributed by atoms with Crippen molar-refractivity contribution in [3.63, 3.8) is 0 Å². The Hall–Kier alpha value is -3.35. The molecule has 2 amide bonds. The molecule has 0 saturated carbocycles. The van der Waals surface area contributed by atoms with Crippen LogP contribution < -0.4 is 10.6 Å². The van der Waals surface area contributed by atoms with Gasteiger partial charge < -0.3 is 20.5 Å². The maximum atomic E-state index is 12.3. The highest BCUT2D eigenvalue weighted by atomic mass is 16.5. The van der Waals surface area contributed by atoms with Gasteiger partial charge in [0.2, 0.25) is 5.91 Å². The van der Waals surface area contributed by atoms with Gasteiger partial charge in [0.15, 0.2) is 0 Å². The van der Waals surface area contributed by atoms with Gasteiger partial charge in [-0.25, -0.2) is 4.79 Å². The SMILES string of the molecule is CC[C@H](NC(=O)OCC1c2ccccc2-c2ccccc21)C(=O)N[C@H](C)C(=O)O. The summed E-state index contributed by atoms with van der Waals surface area (Å²) in [5, 5.41) is 13.8. The van der Waals surface area contributed by atoms with Crippen LogP contribution in [0.4, 0.5) is 4.79 Å². The van der Waals surface area contributed by atoms with E-state index in [1.54, 1.807) is 6.92 Å². The Morgan fingerprint density at radius 3 is 2.07 bits per heavy atom. The third-order valence-corrected chi connectivity index (χ3v) is 5.09. The van der Waals surface area contributed by atoms with Crippen LogP contribution in [0.5, 0.6) is 0 Å². The number of nitrogens with one attached hydrogen (secondary N) is 2. The Morgan fingerprint density at radius 1 is 1.00 bits per heavy atom. The van der Waals surface area contributed by atoms with Crippen molar-refractivity contribution in [1.82, 2.24) is 10.6 Å². The summed E-state index contributed by atoms with van der Waals surface area (Å²) in [5.41, 5.74) is 4.46. The zero-order valence-corrected chi connectivity index (χ0v) is 16.3. The fraction of sp³-hybridized carbons (Fsp3) is 0.318. The summed E-state index contributed by atoms with van der Waals surface area (Å²) in [6.45, 7) is 3.23. The van der Waals surface area contributed by atoms with E-state index in [-0.39, 0.29) is 12.5 Å². The van der Waals surface area contributed by atoms with Crippen molar-refractivity contribution in [1.29, 1.82) is 0 Å². The van der Waals surface area contributed by atoms with Gasteiger partial charge in [0.05, 0.1) is 0 Å². The van der Waals surface area contributed by atoms with E-state index in [0.29, 0.717) is 6.42 Å². The van der Waals surface area contributed by atoms with E-state index in [2.05, 4.69) is 22.8 Å². The van der Waals surface area contributed by atoms with Crippen molar-refractivity contribution in [2.45, 2.75) is 38.3 Å². The number of carboxylic acids is 1. The van der Waals surface area contributed by atoms with E-state index in [9.17, 15) is 14.4 Å². The van der Waals surface area contributed by atoms with Crippen LogP contribution in [0, 0.1) is 0 Å². The van der Waals surface area contributed by atoms with Crippen LogP contribution in [0.1, 0.15) is 37.3 Å². The molecule has 3 rings (SSSR count). The molecule has 0 spiro atoms. The number of carboxylic acid groups (broad SMARTS) is 1. The van der Waals surface area contributed by atoms with Gasteiger partial charge in [-0.05, 0) is 35.6 Å². The van der Waals surface area contributed by atoms with Crippen molar-refractivity contribution in [2.75, 3.05) is 6.61 Å². The minimum absolute atomic E-state index is 0.0749. The molecule has 0 unspecified atom stereocenters. The van der Waals surface area contributed by atoms with Crippen molar-refractivity contribution in [3.05, 3.63) is 59.7 Å². The van der Waals surface area contributed by atoms with E-state index < -0.39 is 30.1 Å². The molecular weight excluding hydrogens is 372 g/mol. The lowest BCUT2D eigenvalue weighted by atomic mass is 9.98. The molecule has 7 nitrogen and oxygen atoms in total. The second-order valence-electron chi connectivity index (χ2n) is 7.00. The third kappa shape index (κ3) is 4.39. The van der Waals surface area contributed by atoms with E-state index in [4.69, 9.17) is 9.84 Å². The normalized spacial score (nSPS) is 14.3. The zero-order valence-electron chi connectivity index (χ0n) is 16.3. The van der Waals surface area contributed by atoms with Crippen molar-refractivity contribution in [2.24, 2.45) is 0 Å². The molecule has 3 N–H and O–H groups in total. The second kappa shape index (κ2) is 8.77. The highest BCUT2D eigenvalue weighted by Crippen LogP contribution is 2.44. The number of hydrogen-bond donors (Lipinski definition) is 3. The third-order valence-electron chi connectivity index (χ3n) is 5.09.